The SMILES string of the molecule is O=C(CSc1ccc(F)c(F)c1)Nc1ccc2c(c1)OCCCO2. The summed E-state index contributed by atoms with van der Waals surface area (Å²) in [4.78, 5) is 12.5. The molecular formula is C17H15F2NO3S. The van der Waals surface area contributed by atoms with Gasteiger partial charge in [-0.15, -0.1) is 11.8 Å². The number of fused-ring (bicyclic) bond motifs is 1. The summed E-state index contributed by atoms with van der Waals surface area (Å²) < 4.78 is 37.1. The molecule has 0 atom stereocenters. The number of hydrogen-bond acceptors (Lipinski definition) is 4. The fraction of sp³-hybridized carbons (Fsp3) is 0.235. The third-order valence-electron chi connectivity index (χ3n) is 3.29. The summed E-state index contributed by atoms with van der Waals surface area (Å²) in [5, 5.41) is 2.75. The molecule has 0 unspecified atom stereocenters. The summed E-state index contributed by atoms with van der Waals surface area (Å²) in [6.07, 6.45) is 0.807. The Hall–Kier alpha value is -2.28. The third kappa shape index (κ3) is 4.17. The van der Waals surface area contributed by atoms with E-state index in [9.17, 15) is 13.6 Å². The Bertz CT molecular complexity index is 755. The van der Waals surface area contributed by atoms with Gasteiger partial charge >= 0.3 is 0 Å². The maximum Gasteiger partial charge on any atom is 0.234 e. The van der Waals surface area contributed by atoms with E-state index < -0.39 is 11.6 Å². The van der Waals surface area contributed by atoms with Gasteiger partial charge in [-0.2, -0.15) is 0 Å². The summed E-state index contributed by atoms with van der Waals surface area (Å²) in [6.45, 7) is 1.17. The zero-order valence-corrected chi connectivity index (χ0v) is 13.5. The largest absolute Gasteiger partial charge is 0.490 e. The molecule has 7 heteroatoms. The summed E-state index contributed by atoms with van der Waals surface area (Å²) >= 11 is 1.13. The maximum absolute atomic E-state index is 13.1. The standard InChI is InChI=1S/C17H15F2NO3S/c18-13-4-3-12(9-14(13)19)24-10-17(21)20-11-2-5-15-16(8-11)23-7-1-6-22-15/h2-5,8-9H,1,6-7,10H2,(H,20,21). The van der Waals surface area contributed by atoms with Crippen molar-refractivity contribution in [2.75, 3.05) is 24.3 Å². The zero-order chi connectivity index (χ0) is 16.9. The van der Waals surface area contributed by atoms with E-state index in [1.54, 1.807) is 18.2 Å². The highest BCUT2D eigenvalue weighted by molar-refractivity contribution is 8.00. The molecule has 24 heavy (non-hydrogen) atoms. The van der Waals surface area contributed by atoms with Crippen molar-refractivity contribution in [2.24, 2.45) is 0 Å². The van der Waals surface area contributed by atoms with Gasteiger partial charge < -0.3 is 14.8 Å². The van der Waals surface area contributed by atoms with Crippen molar-refractivity contribution in [3.8, 4) is 11.5 Å². The van der Waals surface area contributed by atoms with E-state index in [-0.39, 0.29) is 11.7 Å². The van der Waals surface area contributed by atoms with Crippen molar-refractivity contribution in [3.63, 3.8) is 0 Å². The van der Waals surface area contributed by atoms with Gasteiger partial charge in [0.1, 0.15) is 0 Å². The van der Waals surface area contributed by atoms with E-state index in [4.69, 9.17) is 9.47 Å². The van der Waals surface area contributed by atoms with Gasteiger partial charge in [0.2, 0.25) is 5.91 Å². The normalized spacial score (nSPS) is 13.2. The van der Waals surface area contributed by atoms with Crippen molar-refractivity contribution >= 4 is 23.4 Å². The summed E-state index contributed by atoms with van der Waals surface area (Å²) in [6, 6.07) is 8.73. The van der Waals surface area contributed by atoms with Crippen LogP contribution < -0.4 is 14.8 Å². The molecule has 0 saturated heterocycles. The van der Waals surface area contributed by atoms with Crippen LogP contribution in [0.15, 0.2) is 41.3 Å². The molecule has 4 nitrogen and oxygen atoms in total. The van der Waals surface area contributed by atoms with E-state index in [0.717, 1.165) is 30.3 Å². The highest BCUT2D eigenvalue weighted by atomic mass is 32.2. The number of amides is 1. The number of carbonyl (C=O) groups excluding carboxylic acids is 1. The van der Waals surface area contributed by atoms with Crippen LogP contribution in [-0.4, -0.2) is 24.9 Å². The van der Waals surface area contributed by atoms with Gasteiger partial charge in [-0.25, -0.2) is 8.78 Å². The monoisotopic (exact) mass is 351 g/mol. The Labute approximate surface area is 142 Å². The molecule has 0 spiro atoms. The topological polar surface area (TPSA) is 47.6 Å². The number of rotatable bonds is 4. The van der Waals surface area contributed by atoms with Crippen LogP contribution in [0.3, 0.4) is 0 Å². The Morgan fingerprint density at radius 1 is 1.04 bits per heavy atom. The van der Waals surface area contributed by atoms with Crippen molar-refractivity contribution in [2.45, 2.75) is 11.3 Å². The fourth-order valence-electron chi connectivity index (χ4n) is 2.15. The number of nitrogens with one attached hydrogen (secondary N) is 1. The highest BCUT2D eigenvalue weighted by Crippen LogP contribution is 2.32. The van der Waals surface area contributed by atoms with Crippen LogP contribution in [-0.2, 0) is 4.79 Å². The predicted octanol–water partition coefficient (Wildman–Crippen LogP) is 3.86. The lowest BCUT2D eigenvalue weighted by Gasteiger charge is -2.10. The van der Waals surface area contributed by atoms with E-state index in [0.29, 0.717) is 35.3 Å². The van der Waals surface area contributed by atoms with E-state index >= 15 is 0 Å². The summed E-state index contributed by atoms with van der Waals surface area (Å²) in [5.41, 5.74) is 0.593. The molecule has 0 saturated carbocycles. The Kier molecular flexibility index (Phi) is 5.20. The average molecular weight is 351 g/mol. The number of ether oxygens (including phenoxy) is 2. The van der Waals surface area contributed by atoms with Crippen LogP contribution in [0, 0.1) is 11.6 Å². The van der Waals surface area contributed by atoms with Gasteiger partial charge in [-0.1, -0.05) is 0 Å². The van der Waals surface area contributed by atoms with Gasteiger partial charge in [0.15, 0.2) is 23.1 Å². The van der Waals surface area contributed by atoms with Crippen molar-refractivity contribution < 1.29 is 23.0 Å². The van der Waals surface area contributed by atoms with Crippen LogP contribution in [0.1, 0.15) is 6.42 Å². The highest BCUT2D eigenvalue weighted by Gasteiger charge is 2.12. The molecule has 1 heterocycles. The maximum atomic E-state index is 13.1. The molecule has 126 valence electrons. The molecule has 0 bridgehead atoms. The smallest absolute Gasteiger partial charge is 0.234 e. The van der Waals surface area contributed by atoms with Crippen LogP contribution in [0.2, 0.25) is 0 Å². The zero-order valence-electron chi connectivity index (χ0n) is 12.7. The van der Waals surface area contributed by atoms with Gasteiger partial charge in [0.25, 0.3) is 0 Å². The van der Waals surface area contributed by atoms with Gasteiger partial charge in [-0.3, -0.25) is 4.79 Å². The molecule has 2 aromatic carbocycles. The Morgan fingerprint density at radius 2 is 1.83 bits per heavy atom. The summed E-state index contributed by atoms with van der Waals surface area (Å²) in [5.74, 6) is -0.752. The molecule has 0 aliphatic carbocycles. The molecular weight excluding hydrogens is 336 g/mol. The molecule has 3 rings (SSSR count). The lowest BCUT2D eigenvalue weighted by atomic mass is 10.2. The minimum Gasteiger partial charge on any atom is -0.490 e. The number of halogens is 2. The second-order valence-corrected chi connectivity index (χ2v) is 6.17. The van der Waals surface area contributed by atoms with E-state index in [1.807, 2.05) is 0 Å². The number of carbonyl (C=O) groups is 1. The summed E-state index contributed by atoms with van der Waals surface area (Å²) in [7, 11) is 0. The number of benzene rings is 2. The van der Waals surface area contributed by atoms with Gasteiger partial charge in [0.05, 0.1) is 19.0 Å². The first kappa shape index (κ1) is 16.6. The first-order chi connectivity index (χ1) is 11.6. The number of anilines is 1. The predicted molar refractivity (Wildman–Crippen MR) is 87.8 cm³/mol. The van der Waals surface area contributed by atoms with Gasteiger partial charge in [-0.05, 0) is 30.3 Å². The van der Waals surface area contributed by atoms with Crippen molar-refractivity contribution in [1.82, 2.24) is 0 Å². The Balaban J connectivity index is 1.58. The second kappa shape index (κ2) is 7.53. The van der Waals surface area contributed by atoms with Crippen molar-refractivity contribution in [1.29, 1.82) is 0 Å². The quantitative estimate of drug-likeness (QED) is 0.850. The molecule has 1 aliphatic heterocycles. The number of hydrogen-bond donors (Lipinski definition) is 1. The first-order valence-electron chi connectivity index (χ1n) is 7.39. The lowest BCUT2D eigenvalue weighted by molar-refractivity contribution is -0.113. The minimum absolute atomic E-state index is 0.0829. The third-order valence-corrected chi connectivity index (χ3v) is 4.29. The molecule has 0 radical (unpaired) electrons. The van der Waals surface area contributed by atoms with Crippen LogP contribution >= 0.6 is 11.8 Å². The molecule has 0 fully saturated rings. The van der Waals surface area contributed by atoms with Gasteiger partial charge in [0, 0.05) is 23.1 Å². The fourth-order valence-corrected chi connectivity index (χ4v) is 2.87. The average Bonchev–Trinajstić information content (AvgIpc) is 2.81. The van der Waals surface area contributed by atoms with E-state index in [1.165, 1.54) is 6.07 Å². The Morgan fingerprint density at radius 3 is 2.62 bits per heavy atom. The number of thioether (sulfide) groups is 1. The lowest BCUT2D eigenvalue weighted by Crippen LogP contribution is -2.14. The second-order valence-electron chi connectivity index (χ2n) is 5.12. The molecule has 1 N–H and O–H groups in total. The molecule has 0 aromatic heterocycles. The van der Waals surface area contributed by atoms with Crippen LogP contribution in [0.4, 0.5) is 14.5 Å². The van der Waals surface area contributed by atoms with Crippen molar-refractivity contribution in [3.05, 3.63) is 48.0 Å². The van der Waals surface area contributed by atoms with E-state index in [2.05, 4.69) is 5.32 Å². The first-order valence-corrected chi connectivity index (χ1v) is 8.38. The molecule has 1 amide bonds. The van der Waals surface area contributed by atoms with Crippen LogP contribution in [0.25, 0.3) is 0 Å². The molecule has 2 aromatic rings. The van der Waals surface area contributed by atoms with Crippen LogP contribution in [0.5, 0.6) is 11.5 Å². The molecule has 1 aliphatic rings. The minimum atomic E-state index is -0.927.